The van der Waals surface area contributed by atoms with Gasteiger partial charge < -0.3 is 4.90 Å². The number of rotatable bonds is 3. The fraction of sp³-hybridized carbons (Fsp3) is 0.368. The molecular formula is C19H23N3O2. The third-order valence-electron chi connectivity index (χ3n) is 4.54. The molecule has 0 radical (unpaired) electrons. The zero-order chi connectivity index (χ0) is 17.3. The van der Waals surface area contributed by atoms with Crippen molar-refractivity contribution in [1.29, 1.82) is 0 Å². The normalized spacial score (nSPS) is 13.5. The maximum Gasteiger partial charge on any atom is 0.329 e. The highest BCUT2D eigenvalue weighted by Crippen LogP contribution is 2.24. The number of benzene rings is 1. The molecule has 0 saturated carbocycles. The summed E-state index contributed by atoms with van der Waals surface area (Å²) in [5, 5.41) is 0. The predicted octanol–water partition coefficient (Wildman–Crippen LogP) is 2.14. The molecule has 0 bridgehead atoms. The van der Waals surface area contributed by atoms with Crippen LogP contribution in [0.1, 0.15) is 30.5 Å². The summed E-state index contributed by atoms with van der Waals surface area (Å²) in [6.07, 6.45) is 3.46. The second kappa shape index (κ2) is 6.51. The fourth-order valence-electron chi connectivity index (χ4n) is 3.10. The highest BCUT2D eigenvalue weighted by atomic mass is 16.2. The predicted molar refractivity (Wildman–Crippen MR) is 96.6 cm³/mol. The smallest absolute Gasteiger partial charge is 0.329 e. The van der Waals surface area contributed by atoms with Crippen molar-refractivity contribution in [3.8, 4) is 0 Å². The van der Waals surface area contributed by atoms with Crippen molar-refractivity contribution in [1.82, 2.24) is 9.55 Å². The molecular weight excluding hydrogens is 302 g/mol. The van der Waals surface area contributed by atoms with E-state index in [9.17, 15) is 9.59 Å². The molecule has 3 rings (SSSR count). The van der Waals surface area contributed by atoms with Gasteiger partial charge in [0.05, 0.1) is 5.56 Å². The Hall–Kier alpha value is -2.56. The lowest BCUT2D eigenvalue weighted by atomic mass is 9.99. The molecule has 0 fully saturated rings. The van der Waals surface area contributed by atoms with Crippen molar-refractivity contribution < 1.29 is 0 Å². The lowest BCUT2D eigenvalue weighted by molar-refractivity contribution is 0.688. The SMILES string of the molecule is CC(C)=CCc1c(N2CCc3ccccc3C2)[nH]c(=O)n(C)c1=O. The summed E-state index contributed by atoms with van der Waals surface area (Å²) in [5.74, 6) is 0.662. The first kappa shape index (κ1) is 16.3. The Morgan fingerprint density at radius 2 is 1.92 bits per heavy atom. The van der Waals surface area contributed by atoms with Gasteiger partial charge in [-0.15, -0.1) is 0 Å². The number of anilines is 1. The maximum absolute atomic E-state index is 12.6. The zero-order valence-electron chi connectivity index (χ0n) is 14.4. The molecule has 126 valence electrons. The standard InChI is InChI=1S/C19H23N3O2/c1-13(2)8-9-16-17(20-19(24)21(3)18(16)23)22-11-10-14-6-4-5-7-15(14)12-22/h4-8H,9-12H2,1-3H3,(H,20,24). The Kier molecular flexibility index (Phi) is 4.42. The minimum atomic E-state index is -0.366. The number of hydrogen-bond acceptors (Lipinski definition) is 3. The Balaban J connectivity index is 2.06. The van der Waals surface area contributed by atoms with Crippen LogP contribution in [0.15, 0.2) is 45.5 Å². The molecule has 0 unspecified atom stereocenters. The number of H-pyrrole nitrogens is 1. The van der Waals surface area contributed by atoms with Gasteiger partial charge in [-0.3, -0.25) is 14.3 Å². The number of nitrogens with one attached hydrogen (secondary N) is 1. The maximum atomic E-state index is 12.6. The molecule has 0 spiro atoms. The Bertz CT molecular complexity index is 902. The molecule has 1 N–H and O–H groups in total. The topological polar surface area (TPSA) is 58.1 Å². The summed E-state index contributed by atoms with van der Waals surface area (Å²) >= 11 is 0. The van der Waals surface area contributed by atoms with Crippen LogP contribution >= 0.6 is 0 Å². The minimum absolute atomic E-state index is 0.217. The second-order valence-corrected chi connectivity index (χ2v) is 6.55. The van der Waals surface area contributed by atoms with Gasteiger partial charge in [0.15, 0.2) is 0 Å². The number of fused-ring (bicyclic) bond motifs is 1. The first-order valence-electron chi connectivity index (χ1n) is 8.24. The van der Waals surface area contributed by atoms with Crippen LogP contribution in [-0.2, 0) is 26.4 Å². The van der Waals surface area contributed by atoms with E-state index in [0.29, 0.717) is 24.3 Å². The fourth-order valence-corrected chi connectivity index (χ4v) is 3.10. The van der Waals surface area contributed by atoms with Crippen LogP contribution in [0.2, 0.25) is 0 Å². The molecule has 1 aliphatic rings. The zero-order valence-corrected chi connectivity index (χ0v) is 14.4. The van der Waals surface area contributed by atoms with Gasteiger partial charge in [-0.1, -0.05) is 35.9 Å². The number of aromatic nitrogens is 2. The van der Waals surface area contributed by atoms with E-state index >= 15 is 0 Å². The van der Waals surface area contributed by atoms with Crippen LogP contribution in [0, 0.1) is 0 Å². The van der Waals surface area contributed by atoms with Gasteiger partial charge in [-0.25, -0.2) is 4.79 Å². The van der Waals surface area contributed by atoms with Crippen molar-refractivity contribution in [3.05, 3.63) is 73.4 Å². The highest BCUT2D eigenvalue weighted by Gasteiger charge is 2.21. The summed E-state index contributed by atoms with van der Waals surface area (Å²) in [7, 11) is 1.52. The molecule has 24 heavy (non-hydrogen) atoms. The molecule has 2 aromatic rings. The van der Waals surface area contributed by atoms with Crippen molar-refractivity contribution in [2.75, 3.05) is 11.4 Å². The second-order valence-electron chi connectivity index (χ2n) is 6.55. The average molecular weight is 325 g/mol. The molecule has 0 saturated heterocycles. The average Bonchev–Trinajstić information content (AvgIpc) is 2.58. The van der Waals surface area contributed by atoms with Gasteiger partial charge in [0.25, 0.3) is 5.56 Å². The van der Waals surface area contributed by atoms with E-state index in [1.54, 1.807) is 0 Å². The van der Waals surface area contributed by atoms with Gasteiger partial charge in [0, 0.05) is 20.1 Å². The Labute approximate surface area is 141 Å². The molecule has 1 aromatic carbocycles. The van der Waals surface area contributed by atoms with Crippen molar-refractivity contribution >= 4 is 5.82 Å². The van der Waals surface area contributed by atoms with Crippen molar-refractivity contribution in [3.63, 3.8) is 0 Å². The highest BCUT2D eigenvalue weighted by molar-refractivity contribution is 5.49. The Morgan fingerprint density at radius 3 is 2.62 bits per heavy atom. The van der Waals surface area contributed by atoms with Crippen LogP contribution in [0.5, 0.6) is 0 Å². The van der Waals surface area contributed by atoms with E-state index in [1.165, 1.54) is 18.2 Å². The summed E-state index contributed by atoms with van der Waals surface area (Å²) < 4.78 is 1.15. The van der Waals surface area contributed by atoms with Crippen molar-refractivity contribution in [2.24, 2.45) is 7.05 Å². The largest absolute Gasteiger partial charge is 0.353 e. The van der Waals surface area contributed by atoms with Crippen LogP contribution in [-0.4, -0.2) is 16.1 Å². The van der Waals surface area contributed by atoms with Crippen LogP contribution < -0.4 is 16.1 Å². The third kappa shape index (κ3) is 3.07. The van der Waals surface area contributed by atoms with Gasteiger partial charge in [0.1, 0.15) is 5.82 Å². The Morgan fingerprint density at radius 1 is 1.21 bits per heavy atom. The molecule has 2 heterocycles. The number of hydrogen-bond donors (Lipinski definition) is 1. The molecule has 0 amide bonds. The van der Waals surface area contributed by atoms with Crippen LogP contribution in [0.3, 0.4) is 0 Å². The lowest BCUT2D eigenvalue weighted by Gasteiger charge is -2.31. The first-order chi connectivity index (χ1) is 11.5. The van der Waals surface area contributed by atoms with E-state index in [1.807, 2.05) is 26.0 Å². The summed E-state index contributed by atoms with van der Waals surface area (Å²) in [6, 6.07) is 8.33. The summed E-state index contributed by atoms with van der Waals surface area (Å²) in [5.41, 5.74) is 3.81. The quantitative estimate of drug-likeness (QED) is 0.880. The molecule has 0 atom stereocenters. The van der Waals surface area contributed by atoms with Crippen LogP contribution in [0.25, 0.3) is 0 Å². The number of nitrogens with zero attached hydrogens (tertiary/aromatic N) is 2. The van der Waals surface area contributed by atoms with E-state index in [-0.39, 0.29) is 11.2 Å². The van der Waals surface area contributed by atoms with E-state index in [0.717, 1.165) is 23.1 Å². The van der Waals surface area contributed by atoms with Gasteiger partial charge in [0.2, 0.25) is 0 Å². The van der Waals surface area contributed by atoms with Crippen molar-refractivity contribution in [2.45, 2.75) is 33.2 Å². The monoisotopic (exact) mass is 325 g/mol. The third-order valence-corrected chi connectivity index (χ3v) is 4.54. The lowest BCUT2D eigenvalue weighted by Crippen LogP contribution is -2.40. The minimum Gasteiger partial charge on any atom is -0.353 e. The number of aromatic amines is 1. The van der Waals surface area contributed by atoms with Gasteiger partial charge >= 0.3 is 5.69 Å². The van der Waals surface area contributed by atoms with E-state index < -0.39 is 0 Å². The van der Waals surface area contributed by atoms with Crippen LogP contribution in [0.4, 0.5) is 5.82 Å². The van der Waals surface area contributed by atoms with E-state index in [4.69, 9.17) is 0 Å². The molecule has 1 aromatic heterocycles. The molecule has 0 aliphatic carbocycles. The molecule has 5 nitrogen and oxygen atoms in total. The summed E-state index contributed by atoms with van der Waals surface area (Å²) in [4.78, 5) is 29.7. The molecule has 5 heteroatoms. The molecule has 1 aliphatic heterocycles. The summed E-state index contributed by atoms with van der Waals surface area (Å²) in [6.45, 7) is 5.52. The van der Waals surface area contributed by atoms with E-state index in [2.05, 4.69) is 28.1 Å². The van der Waals surface area contributed by atoms with Gasteiger partial charge in [-0.2, -0.15) is 0 Å². The number of allylic oxidation sites excluding steroid dienone is 2. The van der Waals surface area contributed by atoms with Gasteiger partial charge in [-0.05, 0) is 37.8 Å². The first-order valence-corrected chi connectivity index (χ1v) is 8.24.